The van der Waals surface area contributed by atoms with Crippen molar-refractivity contribution >= 4 is 5.78 Å². The smallest absolute Gasteiger partial charge is 0.163 e. The van der Waals surface area contributed by atoms with Crippen LogP contribution in [-0.2, 0) is 5.41 Å². The lowest BCUT2D eigenvalue weighted by molar-refractivity contribution is 0.0367. The number of carbonyl (C=O) groups excluding carboxylic acids is 1. The number of phenolic OH excluding ortho intramolecular Hbond substituents is 2. The van der Waals surface area contributed by atoms with Crippen LogP contribution in [0.15, 0.2) is 12.1 Å². The second-order valence-corrected chi connectivity index (χ2v) is 7.33. The lowest BCUT2D eigenvalue weighted by atomic mass is 9.50. The van der Waals surface area contributed by atoms with Crippen LogP contribution in [0.2, 0.25) is 0 Å². The average molecular weight is 274 g/mol. The van der Waals surface area contributed by atoms with Gasteiger partial charge in [-0.25, -0.2) is 0 Å². The van der Waals surface area contributed by atoms with E-state index in [2.05, 4.69) is 20.8 Å². The summed E-state index contributed by atoms with van der Waals surface area (Å²) in [4.78, 5) is 12.4. The third kappa shape index (κ3) is 1.68. The molecule has 20 heavy (non-hydrogen) atoms. The SMILES string of the molecule is CC1(C)CCC[C@@]2(C)c3cc(O)c(O)cc3C(=O)C[C@H]12. The van der Waals surface area contributed by atoms with Crippen LogP contribution in [0.4, 0.5) is 0 Å². The fourth-order valence-corrected chi connectivity index (χ4v) is 4.52. The molecule has 3 rings (SSSR count). The van der Waals surface area contributed by atoms with Crippen LogP contribution in [-0.4, -0.2) is 16.0 Å². The maximum Gasteiger partial charge on any atom is 0.163 e. The Balaban J connectivity index is 2.22. The molecule has 3 nitrogen and oxygen atoms in total. The summed E-state index contributed by atoms with van der Waals surface area (Å²) < 4.78 is 0. The summed E-state index contributed by atoms with van der Waals surface area (Å²) in [6.07, 6.45) is 3.85. The van der Waals surface area contributed by atoms with Gasteiger partial charge in [0.05, 0.1) is 0 Å². The van der Waals surface area contributed by atoms with Crippen LogP contribution in [0.25, 0.3) is 0 Å². The van der Waals surface area contributed by atoms with Crippen molar-refractivity contribution in [3.8, 4) is 11.5 Å². The Morgan fingerprint density at radius 3 is 2.45 bits per heavy atom. The number of carbonyl (C=O) groups is 1. The molecule has 2 aliphatic carbocycles. The molecule has 0 spiro atoms. The number of benzene rings is 1. The second kappa shape index (κ2) is 4.00. The van der Waals surface area contributed by atoms with Crippen molar-refractivity contribution in [3.63, 3.8) is 0 Å². The van der Waals surface area contributed by atoms with Gasteiger partial charge in [-0.3, -0.25) is 4.79 Å². The summed E-state index contributed by atoms with van der Waals surface area (Å²) in [6, 6.07) is 3.05. The third-order valence-electron chi connectivity index (χ3n) is 5.65. The maximum absolute atomic E-state index is 12.4. The molecular weight excluding hydrogens is 252 g/mol. The third-order valence-corrected chi connectivity index (χ3v) is 5.65. The van der Waals surface area contributed by atoms with Gasteiger partial charge in [0, 0.05) is 12.0 Å². The predicted molar refractivity (Wildman–Crippen MR) is 77.2 cm³/mol. The molecule has 1 aromatic rings. The zero-order valence-corrected chi connectivity index (χ0v) is 12.4. The molecule has 0 saturated heterocycles. The van der Waals surface area contributed by atoms with Gasteiger partial charge in [0.25, 0.3) is 0 Å². The normalized spacial score (nSPS) is 31.6. The Hall–Kier alpha value is -1.51. The lowest BCUT2D eigenvalue weighted by Crippen LogP contribution is -2.49. The molecule has 0 unspecified atom stereocenters. The highest BCUT2D eigenvalue weighted by Crippen LogP contribution is 2.57. The standard InChI is InChI=1S/C17H22O3/c1-16(2)5-4-6-17(3)11-8-14(20)13(19)7-10(11)12(18)9-15(16)17/h7-8,15,19-20H,4-6,9H2,1-3H3/t15-,17+/m1/s1. The summed E-state index contributed by atoms with van der Waals surface area (Å²) in [7, 11) is 0. The first kappa shape index (κ1) is 13.5. The number of phenols is 2. The van der Waals surface area contributed by atoms with E-state index >= 15 is 0 Å². The molecule has 1 fully saturated rings. The molecule has 3 heteroatoms. The predicted octanol–water partition coefficient (Wildman–Crippen LogP) is 3.77. The molecule has 0 aliphatic heterocycles. The van der Waals surface area contributed by atoms with Crippen LogP contribution < -0.4 is 0 Å². The number of Topliss-reactive ketones (excluding diaryl/α,β-unsaturated/α-hetero) is 1. The van der Waals surface area contributed by atoms with Crippen LogP contribution in [0.3, 0.4) is 0 Å². The first-order chi connectivity index (χ1) is 9.25. The van der Waals surface area contributed by atoms with E-state index in [1.54, 1.807) is 6.07 Å². The van der Waals surface area contributed by atoms with Crippen molar-refractivity contribution in [2.75, 3.05) is 0 Å². The molecular formula is C17H22O3. The zero-order valence-electron chi connectivity index (χ0n) is 12.4. The van der Waals surface area contributed by atoms with Crippen molar-refractivity contribution in [1.82, 2.24) is 0 Å². The Morgan fingerprint density at radius 2 is 1.75 bits per heavy atom. The topological polar surface area (TPSA) is 57.5 Å². The van der Waals surface area contributed by atoms with E-state index in [1.165, 1.54) is 6.07 Å². The fourth-order valence-electron chi connectivity index (χ4n) is 4.52. The molecule has 2 N–H and O–H groups in total. The molecule has 1 saturated carbocycles. The van der Waals surface area contributed by atoms with Crippen LogP contribution >= 0.6 is 0 Å². The van der Waals surface area contributed by atoms with Crippen LogP contribution in [0.1, 0.15) is 62.4 Å². The lowest BCUT2D eigenvalue weighted by Gasteiger charge is -2.53. The summed E-state index contributed by atoms with van der Waals surface area (Å²) in [5.41, 5.74) is 1.56. The van der Waals surface area contributed by atoms with Gasteiger partial charge in [-0.1, -0.05) is 27.2 Å². The first-order valence-electron chi connectivity index (χ1n) is 7.35. The van der Waals surface area contributed by atoms with Crippen molar-refractivity contribution < 1.29 is 15.0 Å². The van der Waals surface area contributed by atoms with Crippen LogP contribution in [0, 0.1) is 11.3 Å². The van der Waals surface area contributed by atoms with E-state index in [4.69, 9.17) is 0 Å². The molecule has 0 radical (unpaired) electrons. The molecule has 1 aromatic carbocycles. The molecule has 2 atom stereocenters. The van der Waals surface area contributed by atoms with E-state index in [9.17, 15) is 15.0 Å². The molecule has 108 valence electrons. The van der Waals surface area contributed by atoms with Crippen molar-refractivity contribution in [2.45, 2.75) is 51.9 Å². The summed E-state index contributed by atoms with van der Waals surface area (Å²) in [5, 5.41) is 19.5. The van der Waals surface area contributed by atoms with E-state index in [1.807, 2.05) is 0 Å². The Kier molecular flexibility index (Phi) is 2.69. The molecule has 2 aliphatic rings. The fraction of sp³-hybridized carbons (Fsp3) is 0.588. The highest BCUT2D eigenvalue weighted by molar-refractivity contribution is 6.00. The van der Waals surface area contributed by atoms with E-state index in [-0.39, 0.29) is 28.1 Å². The number of ketones is 1. The average Bonchev–Trinajstić information content (AvgIpc) is 2.35. The summed E-state index contributed by atoms with van der Waals surface area (Å²) in [6.45, 7) is 6.70. The highest BCUT2D eigenvalue weighted by atomic mass is 16.3. The van der Waals surface area contributed by atoms with E-state index in [0.29, 0.717) is 17.9 Å². The van der Waals surface area contributed by atoms with Crippen LogP contribution in [0.5, 0.6) is 11.5 Å². The number of hydrogen-bond donors (Lipinski definition) is 2. The molecule has 0 bridgehead atoms. The largest absolute Gasteiger partial charge is 0.504 e. The molecule has 0 heterocycles. The van der Waals surface area contributed by atoms with Gasteiger partial charge in [0.2, 0.25) is 0 Å². The molecule has 0 aromatic heterocycles. The maximum atomic E-state index is 12.4. The van der Waals surface area contributed by atoms with Gasteiger partial charge in [0.1, 0.15) is 0 Å². The van der Waals surface area contributed by atoms with Gasteiger partial charge in [-0.15, -0.1) is 0 Å². The van der Waals surface area contributed by atoms with Crippen molar-refractivity contribution in [3.05, 3.63) is 23.3 Å². The minimum absolute atomic E-state index is 0.0871. The zero-order chi connectivity index (χ0) is 14.7. The number of rotatable bonds is 0. The Bertz CT molecular complexity index is 588. The van der Waals surface area contributed by atoms with Gasteiger partial charge in [-0.05, 0) is 47.3 Å². The van der Waals surface area contributed by atoms with Crippen molar-refractivity contribution in [1.29, 1.82) is 0 Å². The quantitative estimate of drug-likeness (QED) is 0.708. The second-order valence-electron chi connectivity index (χ2n) is 7.33. The summed E-state index contributed by atoms with van der Waals surface area (Å²) in [5.74, 6) is 0.0662. The Morgan fingerprint density at radius 1 is 1.10 bits per heavy atom. The minimum atomic E-state index is -0.200. The van der Waals surface area contributed by atoms with Gasteiger partial charge < -0.3 is 10.2 Å². The van der Waals surface area contributed by atoms with E-state index in [0.717, 1.165) is 24.8 Å². The monoisotopic (exact) mass is 274 g/mol. The van der Waals surface area contributed by atoms with Gasteiger partial charge >= 0.3 is 0 Å². The highest BCUT2D eigenvalue weighted by Gasteiger charge is 2.52. The number of fused-ring (bicyclic) bond motifs is 3. The number of hydrogen-bond acceptors (Lipinski definition) is 3. The van der Waals surface area contributed by atoms with E-state index < -0.39 is 0 Å². The summed E-state index contributed by atoms with van der Waals surface area (Å²) >= 11 is 0. The molecule has 0 amide bonds. The Labute approximate surface area is 119 Å². The number of aromatic hydroxyl groups is 2. The van der Waals surface area contributed by atoms with Crippen molar-refractivity contribution in [2.24, 2.45) is 11.3 Å². The minimum Gasteiger partial charge on any atom is -0.504 e. The first-order valence-corrected chi connectivity index (χ1v) is 7.35. The van der Waals surface area contributed by atoms with Gasteiger partial charge in [-0.2, -0.15) is 0 Å². The van der Waals surface area contributed by atoms with Gasteiger partial charge in [0.15, 0.2) is 17.3 Å².